The molecule has 0 aliphatic rings. The van der Waals surface area contributed by atoms with Gasteiger partial charge in [0, 0.05) is 19.6 Å². The fraction of sp³-hybridized carbons (Fsp3) is 0.571. The van der Waals surface area contributed by atoms with Gasteiger partial charge in [0.1, 0.15) is 0 Å². The minimum Gasteiger partial charge on any atom is -0.326 e. The first-order valence-electron chi connectivity index (χ1n) is 6.96. The molecule has 5 nitrogen and oxygen atoms in total. The normalized spacial score (nSPS) is 12.1. The van der Waals surface area contributed by atoms with E-state index in [2.05, 4.69) is 23.5 Å². The van der Waals surface area contributed by atoms with Gasteiger partial charge < -0.3 is 10.6 Å². The second kappa shape index (κ2) is 7.73. The molecule has 3 N–H and O–H groups in total. The highest BCUT2D eigenvalue weighted by Gasteiger charge is 2.16. The Labute approximate surface area is 122 Å². The molecule has 0 radical (unpaired) electrons. The quantitative estimate of drug-likeness (QED) is 0.753. The number of aryl methyl sites for hydroxylation is 1. The van der Waals surface area contributed by atoms with Crippen LogP contribution >= 0.6 is 0 Å². The van der Waals surface area contributed by atoms with Gasteiger partial charge in [-0.2, -0.15) is 0 Å². The zero-order valence-electron chi connectivity index (χ0n) is 12.5. The van der Waals surface area contributed by atoms with Gasteiger partial charge in [-0.25, -0.2) is 13.1 Å². The molecule has 0 amide bonds. The van der Waals surface area contributed by atoms with Gasteiger partial charge in [-0.3, -0.25) is 0 Å². The Hall–Kier alpha value is -0.950. The minimum absolute atomic E-state index is 0.319. The average molecular weight is 299 g/mol. The summed E-state index contributed by atoms with van der Waals surface area (Å²) in [6.07, 6.45) is 0. The molecule has 6 heteroatoms. The van der Waals surface area contributed by atoms with E-state index in [0.717, 1.165) is 24.2 Å². The van der Waals surface area contributed by atoms with Crippen LogP contribution in [-0.2, 0) is 16.6 Å². The Kier molecular flexibility index (Phi) is 6.61. The maximum atomic E-state index is 12.3. The van der Waals surface area contributed by atoms with Crippen LogP contribution in [0.1, 0.15) is 25.0 Å². The van der Waals surface area contributed by atoms with Crippen molar-refractivity contribution in [1.82, 2.24) is 9.62 Å². The van der Waals surface area contributed by atoms with Crippen molar-refractivity contribution in [3.63, 3.8) is 0 Å². The molecule has 1 aromatic carbocycles. The van der Waals surface area contributed by atoms with Crippen LogP contribution in [0.2, 0.25) is 0 Å². The molecule has 1 rings (SSSR count). The summed E-state index contributed by atoms with van der Waals surface area (Å²) in [5.41, 5.74) is 7.12. The van der Waals surface area contributed by atoms with Gasteiger partial charge >= 0.3 is 0 Å². The Morgan fingerprint density at radius 3 is 2.45 bits per heavy atom. The number of benzene rings is 1. The van der Waals surface area contributed by atoms with Crippen molar-refractivity contribution in [2.75, 3.05) is 26.2 Å². The maximum Gasteiger partial charge on any atom is 0.240 e. The van der Waals surface area contributed by atoms with Gasteiger partial charge in [-0.1, -0.05) is 26.0 Å². The summed E-state index contributed by atoms with van der Waals surface area (Å²) in [4.78, 5) is 2.49. The SMILES string of the molecule is CCN(CC)CCNS(=O)(=O)c1cc(CN)ccc1C. The molecule has 0 saturated heterocycles. The predicted molar refractivity (Wildman–Crippen MR) is 82.0 cm³/mol. The molecule has 0 fully saturated rings. The number of likely N-dealkylation sites (N-methyl/N-ethyl adjacent to an activating group) is 1. The molecule has 20 heavy (non-hydrogen) atoms. The summed E-state index contributed by atoms with van der Waals surface area (Å²) >= 11 is 0. The third-order valence-corrected chi connectivity index (χ3v) is 5.00. The molecule has 0 bridgehead atoms. The average Bonchev–Trinajstić information content (AvgIpc) is 2.44. The first-order chi connectivity index (χ1) is 9.44. The Morgan fingerprint density at radius 1 is 1.25 bits per heavy atom. The van der Waals surface area contributed by atoms with Gasteiger partial charge in [0.15, 0.2) is 0 Å². The Morgan fingerprint density at radius 2 is 1.90 bits per heavy atom. The highest BCUT2D eigenvalue weighted by Crippen LogP contribution is 2.16. The number of nitrogens with one attached hydrogen (secondary N) is 1. The lowest BCUT2D eigenvalue weighted by atomic mass is 10.1. The van der Waals surface area contributed by atoms with E-state index in [1.165, 1.54) is 0 Å². The molecule has 0 aromatic heterocycles. The number of rotatable bonds is 8. The van der Waals surface area contributed by atoms with Gasteiger partial charge in [0.25, 0.3) is 0 Å². The van der Waals surface area contributed by atoms with E-state index >= 15 is 0 Å². The van der Waals surface area contributed by atoms with E-state index in [9.17, 15) is 8.42 Å². The van der Waals surface area contributed by atoms with Crippen LogP contribution in [0, 0.1) is 6.92 Å². The molecule has 0 atom stereocenters. The highest BCUT2D eigenvalue weighted by atomic mass is 32.2. The van der Waals surface area contributed by atoms with Gasteiger partial charge in [-0.05, 0) is 37.2 Å². The third kappa shape index (κ3) is 4.56. The molecule has 0 saturated carbocycles. The van der Waals surface area contributed by atoms with E-state index < -0.39 is 10.0 Å². The molecule has 0 heterocycles. The van der Waals surface area contributed by atoms with Gasteiger partial charge in [0.2, 0.25) is 10.0 Å². The first-order valence-corrected chi connectivity index (χ1v) is 8.44. The maximum absolute atomic E-state index is 12.3. The summed E-state index contributed by atoms with van der Waals surface area (Å²) in [6, 6.07) is 5.29. The van der Waals surface area contributed by atoms with Crippen molar-refractivity contribution < 1.29 is 8.42 Å². The lowest BCUT2D eigenvalue weighted by Gasteiger charge is -2.18. The van der Waals surface area contributed by atoms with Crippen molar-refractivity contribution in [3.8, 4) is 0 Å². The molecule has 0 aliphatic heterocycles. The lowest BCUT2D eigenvalue weighted by Crippen LogP contribution is -2.35. The second-order valence-electron chi connectivity index (χ2n) is 4.73. The van der Waals surface area contributed by atoms with E-state index in [1.54, 1.807) is 19.1 Å². The summed E-state index contributed by atoms with van der Waals surface area (Å²) in [6.45, 7) is 9.21. The Balaban J connectivity index is 2.78. The lowest BCUT2D eigenvalue weighted by molar-refractivity contribution is 0.309. The van der Waals surface area contributed by atoms with Crippen molar-refractivity contribution in [3.05, 3.63) is 29.3 Å². The fourth-order valence-electron chi connectivity index (χ4n) is 2.02. The van der Waals surface area contributed by atoms with E-state index in [-0.39, 0.29) is 0 Å². The van der Waals surface area contributed by atoms with E-state index in [4.69, 9.17) is 5.73 Å². The standard InChI is InChI=1S/C14H25N3O2S/c1-4-17(5-2)9-8-16-20(18,19)14-10-13(11-15)7-6-12(14)3/h6-7,10,16H,4-5,8-9,11,15H2,1-3H3. The van der Waals surface area contributed by atoms with Crippen molar-refractivity contribution in [2.24, 2.45) is 5.73 Å². The van der Waals surface area contributed by atoms with Gasteiger partial charge in [-0.15, -0.1) is 0 Å². The van der Waals surface area contributed by atoms with E-state index in [0.29, 0.717) is 24.5 Å². The largest absolute Gasteiger partial charge is 0.326 e. The van der Waals surface area contributed by atoms with Crippen LogP contribution in [-0.4, -0.2) is 39.5 Å². The monoisotopic (exact) mass is 299 g/mol. The number of nitrogens with zero attached hydrogens (tertiary/aromatic N) is 1. The van der Waals surface area contributed by atoms with Crippen LogP contribution in [0.4, 0.5) is 0 Å². The smallest absolute Gasteiger partial charge is 0.240 e. The molecule has 0 spiro atoms. The number of sulfonamides is 1. The van der Waals surface area contributed by atoms with Crippen LogP contribution < -0.4 is 10.5 Å². The minimum atomic E-state index is -3.47. The number of nitrogens with two attached hydrogens (primary N) is 1. The van der Waals surface area contributed by atoms with Crippen LogP contribution in [0.15, 0.2) is 23.1 Å². The zero-order chi connectivity index (χ0) is 15.2. The Bertz CT molecular complexity index is 525. The molecular weight excluding hydrogens is 274 g/mol. The molecular formula is C14H25N3O2S. The summed E-state index contributed by atoms with van der Waals surface area (Å²) in [7, 11) is -3.47. The first kappa shape index (κ1) is 17.1. The number of hydrogen-bond acceptors (Lipinski definition) is 4. The van der Waals surface area contributed by atoms with Crippen molar-refractivity contribution >= 4 is 10.0 Å². The zero-order valence-corrected chi connectivity index (χ0v) is 13.3. The van der Waals surface area contributed by atoms with Crippen LogP contribution in [0.5, 0.6) is 0 Å². The molecule has 114 valence electrons. The topological polar surface area (TPSA) is 75.4 Å². The summed E-state index contributed by atoms with van der Waals surface area (Å²) in [5.74, 6) is 0. The molecule has 1 aromatic rings. The third-order valence-electron chi connectivity index (χ3n) is 3.39. The second-order valence-corrected chi connectivity index (χ2v) is 6.46. The highest BCUT2D eigenvalue weighted by molar-refractivity contribution is 7.89. The fourth-order valence-corrected chi connectivity index (χ4v) is 3.33. The van der Waals surface area contributed by atoms with Gasteiger partial charge in [0.05, 0.1) is 4.90 Å². The van der Waals surface area contributed by atoms with Crippen LogP contribution in [0.25, 0.3) is 0 Å². The summed E-state index contributed by atoms with van der Waals surface area (Å²) < 4.78 is 27.3. The predicted octanol–water partition coefficient (Wildman–Crippen LogP) is 1.07. The van der Waals surface area contributed by atoms with E-state index in [1.807, 2.05) is 6.07 Å². The van der Waals surface area contributed by atoms with Crippen molar-refractivity contribution in [2.45, 2.75) is 32.2 Å². The molecule has 0 unspecified atom stereocenters. The number of hydrogen-bond donors (Lipinski definition) is 2. The molecule has 0 aliphatic carbocycles. The summed E-state index contributed by atoms with van der Waals surface area (Å²) in [5, 5.41) is 0. The van der Waals surface area contributed by atoms with Crippen LogP contribution in [0.3, 0.4) is 0 Å². The van der Waals surface area contributed by atoms with Crippen molar-refractivity contribution in [1.29, 1.82) is 0 Å².